The number of hydrogen-bond acceptors (Lipinski definition) is 2. The van der Waals surface area contributed by atoms with Gasteiger partial charge in [0.15, 0.2) is 0 Å². The van der Waals surface area contributed by atoms with Crippen LogP contribution in [0.1, 0.15) is 36.2 Å². The number of aryl methyl sites for hydroxylation is 1. The average molecular weight is 164 g/mol. The van der Waals surface area contributed by atoms with Gasteiger partial charge in [-0.25, -0.2) is 0 Å². The fourth-order valence-corrected chi connectivity index (χ4v) is 2.06. The van der Waals surface area contributed by atoms with E-state index in [1.165, 1.54) is 17.7 Å². The maximum absolute atomic E-state index is 9.87. The molecule has 12 heavy (non-hydrogen) atoms. The summed E-state index contributed by atoms with van der Waals surface area (Å²) in [7, 11) is 0. The van der Waals surface area contributed by atoms with Crippen molar-refractivity contribution in [1.82, 2.24) is 10.2 Å². The molecule has 1 saturated carbocycles. The van der Waals surface area contributed by atoms with E-state index in [1.54, 1.807) is 0 Å². The van der Waals surface area contributed by atoms with Crippen molar-refractivity contribution in [1.29, 1.82) is 0 Å². The summed E-state index contributed by atoms with van der Waals surface area (Å²) < 4.78 is 0. The highest BCUT2D eigenvalue weighted by Gasteiger charge is 2.46. The van der Waals surface area contributed by atoms with Crippen LogP contribution in [0.3, 0.4) is 0 Å². The molecular weight excluding hydrogens is 152 g/mol. The second-order valence-corrected chi connectivity index (χ2v) is 3.91. The SMILES string of the molecule is OC1(c2n[nH]c3c2CCC3)CC1. The molecule has 0 atom stereocenters. The Morgan fingerprint density at radius 2 is 2.17 bits per heavy atom. The quantitative estimate of drug-likeness (QED) is 0.647. The van der Waals surface area contributed by atoms with Crippen molar-refractivity contribution in [3.8, 4) is 0 Å². The zero-order chi connectivity index (χ0) is 8.18. The van der Waals surface area contributed by atoms with Crippen LogP contribution < -0.4 is 0 Å². The fourth-order valence-electron chi connectivity index (χ4n) is 2.06. The monoisotopic (exact) mass is 164 g/mol. The Morgan fingerprint density at radius 3 is 2.92 bits per heavy atom. The molecular formula is C9H12N2O. The molecule has 1 fully saturated rings. The number of fused-ring (bicyclic) bond motifs is 1. The molecule has 0 bridgehead atoms. The summed E-state index contributed by atoms with van der Waals surface area (Å²) in [5, 5.41) is 17.1. The molecule has 3 rings (SSSR count). The van der Waals surface area contributed by atoms with Crippen LogP contribution >= 0.6 is 0 Å². The van der Waals surface area contributed by atoms with Crippen LogP contribution in [0.15, 0.2) is 0 Å². The molecule has 0 radical (unpaired) electrons. The minimum atomic E-state index is -0.547. The van der Waals surface area contributed by atoms with E-state index in [4.69, 9.17) is 0 Å². The molecule has 0 unspecified atom stereocenters. The van der Waals surface area contributed by atoms with Gasteiger partial charge in [-0.2, -0.15) is 5.10 Å². The summed E-state index contributed by atoms with van der Waals surface area (Å²) in [6, 6.07) is 0. The highest BCUT2D eigenvalue weighted by molar-refractivity contribution is 5.35. The third-order valence-corrected chi connectivity index (χ3v) is 2.97. The number of aliphatic hydroxyl groups is 1. The van der Waals surface area contributed by atoms with Crippen molar-refractivity contribution in [2.75, 3.05) is 0 Å². The Morgan fingerprint density at radius 1 is 1.33 bits per heavy atom. The molecule has 0 aromatic carbocycles. The lowest BCUT2D eigenvalue weighted by Gasteiger charge is -2.04. The number of rotatable bonds is 1. The highest BCUT2D eigenvalue weighted by Crippen LogP contribution is 2.47. The lowest BCUT2D eigenvalue weighted by Crippen LogP contribution is -2.07. The van der Waals surface area contributed by atoms with Crippen LogP contribution in [0.4, 0.5) is 0 Å². The summed E-state index contributed by atoms with van der Waals surface area (Å²) >= 11 is 0. The smallest absolute Gasteiger partial charge is 0.109 e. The number of aromatic amines is 1. The Bertz CT molecular complexity index is 325. The van der Waals surface area contributed by atoms with Gasteiger partial charge in [0.1, 0.15) is 5.60 Å². The molecule has 3 nitrogen and oxygen atoms in total. The summed E-state index contributed by atoms with van der Waals surface area (Å²) in [6.07, 6.45) is 5.21. The second kappa shape index (κ2) is 1.91. The molecule has 0 saturated heterocycles. The third kappa shape index (κ3) is 0.719. The third-order valence-electron chi connectivity index (χ3n) is 2.97. The van der Waals surface area contributed by atoms with Gasteiger partial charge >= 0.3 is 0 Å². The molecule has 0 aliphatic heterocycles. The van der Waals surface area contributed by atoms with Gasteiger partial charge in [0, 0.05) is 5.69 Å². The molecule has 0 spiro atoms. The lowest BCUT2D eigenvalue weighted by molar-refractivity contribution is 0.145. The molecule has 1 aromatic rings. The first-order chi connectivity index (χ1) is 5.80. The number of aromatic nitrogens is 2. The van der Waals surface area contributed by atoms with Gasteiger partial charge in [-0.15, -0.1) is 0 Å². The average Bonchev–Trinajstić information content (AvgIpc) is 2.48. The van der Waals surface area contributed by atoms with Gasteiger partial charge in [-0.05, 0) is 37.7 Å². The predicted molar refractivity (Wildman–Crippen MR) is 43.7 cm³/mol. The first kappa shape index (κ1) is 6.66. The molecule has 1 heterocycles. The van der Waals surface area contributed by atoms with Crippen molar-refractivity contribution in [2.45, 2.75) is 37.7 Å². The summed E-state index contributed by atoms with van der Waals surface area (Å²) in [4.78, 5) is 0. The van der Waals surface area contributed by atoms with Crippen LogP contribution in [0.5, 0.6) is 0 Å². The van der Waals surface area contributed by atoms with Gasteiger partial charge in [-0.1, -0.05) is 0 Å². The molecule has 2 aliphatic rings. The topological polar surface area (TPSA) is 48.9 Å². The van der Waals surface area contributed by atoms with Crippen molar-refractivity contribution >= 4 is 0 Å². The lowest BCUT2D eigenvalue weighted by atomic mass is 10.1. The highest BCUT2D eigenvalue weighted by atomic mass is 16.3. The van der Waals surface area contributed by atoms with Crippen LogP contribution in [0, 0.1) is 0 Å². The zero-order valence-corrected chi connectivity index (χ0v) is 6.93. The van der Waals surface area contributed by atoms with E-state index in [9.17, 15) is 5.11 Å². The Balaban J connectivity index is 2.11. The minimum Gasteiger partial charge on any atom is -0.383 e. The van der Waals surface area contributed by atoms with Gasteiger partial charge in [0.05, 0.1) is 5.69 Å². The van der Waals surface area contributed by atoms with Crippen LogP contribution in [-0.4, -0.2) is 15.3 Å². The first-order valence-electron chi connectivity index (χ1n) is 4.59. The second-order valence-electron chi connectivity index (χ2n) is 3.91. The van der Waals surface area contributed by atoms with Gasteiger partial charge in [0.25, 0.3) is 0 Å². The minimum absolute atomic E-state index is 0.547. The molecule has 3 heteroatoms. The van der Waals surface area contributed by atoms with Crippen molar-refractivity contribution < 1.29 is 5.11 Å². The Hall–Kier alpha value is -0.830. The molecule has 2 N–H and O–H groups in total. The van der Waals surface area contributed by atoms with E-state index in [0.29, 0.717) is 0 Å². The molecule has 64 valence electrons. The summed E-state index contributed by atoms with van der Waals surface area (Å²) in [5.74, 6) is 0. The number of nitrogens with one attached hydrogen (secondary N) is 1. The normalized spacial score (nSPS) is 24.1. The molecule has 0 amide bonds. The van der Waals surface area contributed by atoms with E-state index in [1.807, 2.05) is 0 Å². The number of H-pyrrole nitrogens is 1. The van der Waals surface area contributed by atoms with Gasteiger partial charge in [0.2, 0.25) is 0 Å². The predicted octanol–water partition coefficient (Wildman–Crippen LogP) is 0.880. The maximum atomic E-state index is 9.87. The Kier molecular flexibility index (Phi) is 1.06. The van der Waals surface area contributed by atoms with Crippen LogP contribution in [-0.2, 0) is 18.4 Å². The van der Waals surface area contributed by atoms with Crippen LogP contribution in [0.25, 0.3) is 0 Å². The number of nitrogens with zero attached hydrogens (tertiary/aromatic N) is 1. The van der Waals surface area contributed by atoms with Crippen molar-refractivity contribution in [3.05, 3.63) is 17.0 Å². The first-order valence-corrected chi connectivity index (χ1v) is 4.59. The summed E-state index contributed by atoms with van der Waals surface area (Å²) in [5.41, 5.74) is 2.95. The molecule has 1 aromatic heterocycles. The van der Waals surface area contributed by atoms with Crippen LogP contribution in [0.2, 0.25) is 0 Å². The molecule has 2 aliphatic carbocycles. The van der Waals surface area contributed by atoms with E-state index in [2.05, 4.69) is 10.2 Å². The standard InChI is InChI=1S/C9H12N2O/c12-9(4-5-9)8-6-2-1-3-7(6)10-11-8/h12H,1-5H2,(H,10,11). The zero-order valence-electron chi connectivity index (χ0n) is 6.93. The van der Waals surface area contributed by atoms with E-state index in [-0.39, 0.29) is 0 Å². The van der Waals surface area contributed by atoms with Crippen molar-refractivity contribution in [2.24, 2.45) is 0 Å². The number of hydrogen-bond donors (Lipinski definition) is 2. The van der Waals surface area contributed by atoms with Gasteiger partial charge < -0.3 is 5.11 Å². The largest absolute Gasteiger partial charge is 0.383 e. The summed E-state index contributed by atoms with van der Waals surface area (Å²) in [6.45, 7) is 0. The van der Waals surface area contributed by atoms with E-state index < -0.39 is 5.60 Å². The maximum Gasteiger partial charge on any atom is 0.109 e. The van der Waals surface area contributed by atoms with Gasteiger partial charge in [-0.3, -0.25) is 5.10 Å². The van der Waals surface area contributed by atoms with E-state index >= 15 is 0 Å². The Labute approximate surface area is 70.8 Å². The van der Waals surface area contributed by atoms with E-state index in [0.717, 1.165) is 31.4 Å². The van der Waals surface area contributed by atoms with Crippen molar-refractivity contribution in [3.63, 3.8) is 0 Å². The fraction of sp³-hybridized carbons (Fsp3) is 0.667.